The van der Waals surface area contributed by atoms with Crippen molar-refractivity contribution in [3.05, 3.63) is 0 Å². The predicted molar refractivity (Wildman–Crippen MR) is 80.7 cm³/mol. The molecule has 2 heterocycles. The molecule has 0 spiro atoms. The highest BCUT2D eigenvalue weighted by atomic mass is 32.2. The minimum atomic E-state index is -3.52. The molecule has 8 nitrogen and oxygen atoms in total. The van der Waals surface area contributed by atoms with Crippen molar-refractivity contribution in [1.29, 1.82) is 0 Å². The quantitative estimate of drug-likeness (QED) is 0.639. The molecule has 2 saturated heterocycles. The second-order valence-electron chi connectivity index (χ2n) is 6.76. The fourth-order valence-electron chi connectivity index (χ4n) is 2.88. The summed E-state index contributed by atoms with van der Waals surface area (Å²) in [4.78, 5) is 13.6. The summed E-state index contributed by atoms with van der Waals surface area (Å²) in [6.07, 6.45) is 0.450. The molecule has 0 aromatic carbocycles. The van der Waals surface area contributed by atoms with Gasteiger partial charge in [-0.15, -0.1) is 0 Å². The lowest BCUT2D eigenvalue weighted by atomic mass is 10.1. The molecule has 0 unspecified atom stereocenters. The Balaban J connectivity index is 2.29. The fourth-order valence-corrected chi connectivity index (χ4v) is 6.08. The first-order valence-corrected chi connectivity index (χ1v) is 10.6. The Morgan fingerprint density at radius 3 is 2.18 bits per heavy atom. The average Bonchev–Trinajstić information content (AvgIpc) is 2.57. The first-order chi connectivity index (χ1) is 9.80. The van der Waals surface area contributed by atoms with Crippen molar-refractivity contribution >= 4 is 26.0 Å². The van der Waals surface area contributed by atoms with Gasteiger partial charge in [0.15, 0.2) is 9.84 Å². The molecular formula is C12H22N2O6S2. The van der Waals surface area contributed by atoms with Crippen molar-refractivity contribution < 1.29 is 26.4 Å². The number of amides is 1. The Labute approximate surface area is 131 Å². The summed E-state index contributed by atoms with van der Waals surface area (Å²) < 4.78 is 54.0. The van der Waals surface area contributed by atoms with Crippen molar-refractivity contribution in [3.8, 4) is 0 Å². The highest BCUT2D eigenvalue weighted by Gasteiger charge is 2.51. The van der Waals surface area contributed by atoms with Gasteiger partial charge in [0.1, 0.15) is 5.60 Å². The lowest BCUT2D eigenvalue weighted by Gasteiger charge is -2.42. The number of hydrogen-bond donors (Lipinski definition) is 0. The molecule has 2 aliphatic heterocycles. The van der Waals surface area contributed by atoms with E-state index < -0.39 is 43.6 Å². The third-order valence-corrected chi connectivity index (χ3v) is 6.68. The minimum Gasteiger partial charge on any atom is -0.444 e. The van der Waals surface area contributed by atoms with Gasteiger partial charge < -0.3 is 9.64 Å². The van der Waals surface area contributed by atoms with E-state index in [4.69, 9.17) is 4.74 Å². The molecule has 22 heavy (non-hydrogen) atoms. The van der Waals surface area contributed by atoms with Gasteiger partial charge >= 0.3 is 6.09 Å². The Bertz CT molecular complexity index is 664. The normalized spacial score (nSPS) is 29.2. The molecule has 0 radical (unpaired) electrons. The van der Waals surface area contributed by atoms with Crippen LogP contribution in [0.25, 0.3) is 0 Å². The van der Waals surface area contributed by atoms with Crippen LogP contribution in [0.1, 0.15) is 20.8 Å². The number of carbonyl (C=O) groups excluding carboxylic acids is 1. The monoisotopic (exact) mass is 354 g/mol. The maximum Gasteiger partial charge on any atom is 0.410 e. The van der Waals surface area contributed by atoms with Gasteiger partial charge in [0, 0.05) is 13.1 Å². The first-order valence-electron chi connectivity index (χ1n) is 6.97. The molecule has 2 aliphatic rings. The molecule has 0 aromatic rings. The Hall–Kier alpha value is -0.870. The number of piperazine rings is 1. The standard InChI is InChI=1S/C12H22N2O6S2/c1-12(2,3)20-11(15)13-5-6-14(21(4,16)17)10-8-22(18,19)7-9(10)13/h9-10H,5-8H2,1-4H3/t9-,10-/m1/s1. The van der Waals surface area contributed by atoms with Crippen LogP contribution in [0.2, 0.25) is 0 Å². The third kappa shape index (κ3) is 3.72. The van der Waals surface area contributed by atoms with E-state index in [2.05, 4.69) is 0 Å². The first kappa shape index (κ1) is 17.5. The maximum atomic E-state index is 12.3. The number of sulfonamides is 1. The van der Waals surface area contributed by atoms with Gasteiger partial charge in [-0.3, -0.25) is 0 Å². The van der Waals surface area contributed by atoms with E-state index in [1.807, 2.05) is 0 Å². The van der Waals surface area contributed by atoms with Crippen LogP contribution in [-0.2, 0) is 24.6 Å². The van der Waals surface area contributed by atoms with Crippen molar-refractivity contribution in [2.45, 2.75) is 38.5 Å². The predicted octanol–water partition coefficient (Wildman–Crippen LogP) is -0.336. The number of sulfone groups is 1. The number of fused-ring (bicyclic) bond motifs is 1. The summed E-state index contributed by atoms with van der Waals surface area (Å²) in [7, 11) is -6.91. The van der Waals surface area contributed by atoms with E-state index in [1.165, 1.54) is 9.21 Å². The molecule has 10 heteroatoms. The molecule has 128 valence electrons. The van der Waals surface area contributed by atoms with Crippen LogP contribution in [0.15, 0.2) is 0 Å². The zero-order chi connectivity index (χ0) is 16.9. The van der Waals surface area contributed by atoms with Crippen molar-refractivity contribution in [3.63, 3.8) is 0 Å². The van der Waals surface area contributed by atoms with Crippen LogP contribution in [-0.4, -0.2) is 80.7 Å². The van der Waals surface area contributed by atoms with E-state index in [0.717, 1.165) is 6.26 Å². The number of ether oxygens (including phenoxy) is 1. The lowest BCUT2D eigenvalue weighted by Crippen LogP contribution is -2.62. The average molecular weight is 354 g/mol. The lowest BCUT2D eigenvalue weighted by molar-refractivity contribution is 0.00274. The van der Waals surface area contributed by atoms with Gasteiger partial charge in [-0.2, -0.15) is 4.31 Å². The molecular weight excluding hydrogens is 332 g/mol. The van der Waals surface area contributed by atoms with Crippen molar-refractivity contribution in [2.75, 3.05) is 30.9 Å². The van der Waals surface area contributed by atoms with Crippen LogP contribution < -0.4 is 0 Å². The zero-order valence-electron chi connectivity index (χ0n) is 13.1. The van der Waals surface area contributed by atoms with E-state index in [0.29, 0.717) is 0 Å². The van der Waals surface area contributed by atoms with Crippen LogP contribution in [0.5, 0.6) is 0 Å². The topological polar surface area (TPSA) is 101 Å². The number of hydrogen-bond acceptors (Lipinski definition) is 6. The molecule has 2 rings (SSSR count). The molecule has 1 amide bonds. The van der Waals surface area contributed by atoms with E-state index in [-0.39, 0.29) is 24.6 Å². The smallest absolute Gasteiger partial charge is 0.410 e. The van der Waals surface area contributed by atoms with Gasteiger partial charge in [0.25, 0.3) is 0 Å². The minimum absolute atomic E-state index is 0.0781. The van der Waals surface area contributed by atoms with E-state index in [9.17, 15) is 21.6 Å². The second-order valence-corrected chi connectivity index (χ2v) is 10.8. The van der Waals surface area contributed by atoms with Gasteiger partial charge in [-0.05, 0) is 20.8 Å². The molecule has 0 N–H and O–H groups in total. The molecule has 2 fully saturated rings. The molecule has 0 aliphatic carbocycles. The largest absolute Gasteiger partial charge is 0.444 e. The van der Waals surface area contributed by atoms with Gasteiger partial charge in [0.2, 0.25) is 10.0 Å². The van der Waals surface area contributed by atoms with Crippen LogP contribution >= 0.6 is 0 Å². The summed E-state index contributed by atoms with van der Waals surface area (Å²) in [5, 5.41) is 0. The summed E-state index contributed by atoms with van der Waals surface area (Å²) in [5.41, 5.74) is -0.696. The maximum absolute atomic E-state index is 12.3. The van der Waals surface area contributed by atoms with E-state index in [1.54, 1.807) is 20.8 Å². The van der Waals surface area contributed by atoms with Gasteiger partial charge in [-0.1, -0.05) is 0 Å². The number of rotatable bonds is 1. The van der Waals surface area contributed by atoms with Crippen molar-refractivity contribution in [1.82, 2.24) is 9.21 Å². The third-order valence-electron chi connectivity index (χ3n) is 3.68. The highest BCUT2D eigenvalue weighted by molar-refractivity contribution is 7.92. The zero-order valence-corrected chi connectivity index (χ0v) is 14.8. The molecule has 2 atom stereocenters. The fraction of sp³-hybridized carbons (Fsp3) is 0.917. The SMILES string of the molecule is CC(C)(C)OC(=O)N1CCN(S(C)(=O)=O)[C@@H]2CS(=O)(=O)C[C@H]21. The summed E-state index contributed by atoms with van der Waals surface area (Å²) in [6.45, 7) is 5.37. The molecule has 0 saturated carbocycles. The van der Waals surface area contributed by atoms with Crippen LogP contribution in [0.3, 0.4) is 0 Å². The van der Waals surface area contributed by atoms with Crippen LogP contribution in [0.4, 0.5) is 4.79 Å². The number of nitrogens with zero attached hydrogens (tertiary/aromatic N) is 2. The Morgan fingerprint density at radius 1 is 1.14 bits per heavy atom. The summed E-state index contributed by atoms with van der Waals surface area (Å²) in [6, 6.07) is -1.43. The summed E-state index contributed by atoms with van der Waals surface area (Å²) in [5.74, 6) is -0.493. The number of carbonyl (C=O) groups is 1. The molecule has 0 aromatic heterocycles. The highest BCUT2D eigenvalue weighted by Crippen LogP contribution is 2.29. The van der Waals surface area contributed by atoms with E-state index >= 15 is 0 Å². The second kappa shape index (κ2) is 5.34. The Morgan fingerprint density at radius 2 is 1.68 bits per heavy atom. The van der Waals surface area contributed by atoms with Crippen molar-refractivity contribution in [2.24, 2.45) is 0 Å². The molecule has 0 bridgehead atoms. The van der Waals surface area contributed by atoms with Gasteiger partial charge in [0.05, 0.1) is 29.8 Å². The van der Waals surface area contributed by atoms with Crippen LogP contribution in [0, 0.1) is 0 Å². The van der Waals surface area contributed by atoms with Gasteiger partial charge in [-0.25, -0.2) is 21.6 Å². The Kier molecular flexibility index (Phi) is 4.25. The summed E-state index contributed by atoms with van der Waals surface area (Å²) >= 11 is 0.